The predicted molar refractivity (Wildman–Crippen MR) is 105 cm³/mol. The summed E-state index contributed by atoms with van der Waals surface area (Å²) in [4.78, 5) is 25.9. The van der Waals surface area contributed by atoms with Crippen molar-refractivity contribution in [2.75, 3.05) is 37.5 Å². The number of likely N-dealkylation sites (N-methyl/N-ethyl adjacent to an activating group) is 1. The maximum absolute atomic E-state index is 12.0. The number of benzene rings is 1. The van der Waals surface area contributed by atoms with E-state index in [-0.39, 0.29) is 29.4 Å². The molecule has 1 heterocycles. The lowest BCUT2D eigenvalue weighted by Gasteiger charge is -2.22. The third-order valence-electron chi connectivity index (χ3n) is 3.76. The first kappa shape index (κ1) is 20.1. The second-order valence-electron chi connectivity index (χ2n) is 6.21. The highest BCUT2D eigenvalue weighted by Gasteiger charge is 2.17. The second-order valence-corrected chi connectivity index (χ2v) is 7.19. The highest BCUT2D eigenvalue weighted by atomic mass is 32.2. The van der Waals surface area contributed by atoms with Crippen molar-refractivity contribution in [3.05, 3.63) is 54.0 Å². The summed E-state index contributed by atoms with van der Waals surface area (Å²) < 4.78 is 5.42. The molecule has 1 atom stereocenters. The lowest BCUT2D eigenvalue weighted by molar-refractivity contribution is -0.118. The summed E-state index contributed by atoms with van der Waals surface area (Å²) in [5.41, 5.74) is 1.86. The molecule has 26 heavy (non-hydrogen) atoms. The topological polar surface area (TPSA) is 74.6 Å². The zero-order valence-corrected chi connectivity index (χ0v) is 16.1. The minimum Gasteiger partial charge on any atom is -0.468 e. The van der Waals surface area contributed by atoms with Gasteiger partial charge in [0, 0.05) is 12.2 Å². The summed E-state index contributed by atoms with van der Waals surface area (Å²) in [6.45, 7) is 2.42. The monoisotopic (exact) mass is 375 g/mol. The normalized spacial score (nSPS) is 12.0. The van der Waals surface area contributed by atoms with Crippen LogP contribution < -0.4 is 10.6 Å². The molecule has 0 fully saturated rings. The van der Waals surface area contributed by atoms with E-state index in [0.29, 0.717) is 6.54 Å². The van der Waals surface area contributed by atoms with Gasteiger partial charge in [-0.2, -0.15) is 0 Å². The number of nitrogens with one attached hydrogen (secondary N) is 2. The number of aryl methyl sites for hydroxylation is 1. The number of amides is 2. The Bertz CT molecular complexity index is 717. The molecule has 2 amide bonds. The van der Waals surface area contributed by atoms with Crippen LogP contribution in [0.2, 0.25) is 0 Å². The third-order valence-corrected chi connectivity index (χ3v) is 4.69. The van der Waals surface area contributed by atoms with Gasteiger partial charge in [-0.05, 0) is 50.8 Å². The Morgan fingerprint density at radius 3 is 2.58 bits per heavy atom. The van der Waals surface area contributed by atoms with Crippen LogP contribution in [0, 0.1) is 6.92 Å². The lowest BCUT2D eigenvalue weighted by Crippen LogP contribution is -2.35. The van der Waals surface area contributed by atoms with E-state index >= 15 is 0 Å². The average Bonchev–Trinajstić information content (AvgIpc) is 3.09. The van der Waals surface area contributed by atoms with Crippen molar-refractivity contribution in [2.24, 2.45) is 0 Å². The standard InChI is InChI=1S/C19H25N3O3S/c1-14-6-4-7-15(10-14)21-19(24)13-26-12-18(23)20-11-16(22(2)3)17-8-5-9-25-17/h4-10,16H,11-13H2,1-3H3,(H,20,23)(H,21,24). The zero-order chi connectivity index (χ0) is 18.9. The molecule has 140 valence electrons. The summed E-state index contributed by atoms with van der Waals surface area (Å²) >= 11 is 1.29. The van der Waals surface area contributed by atoms with E-state index in [9.17, 15) is 9.59 Å². The van der Waals surface area contributed by atoms with Crippen molar-refractivity contribution in [3.8, 4) is 0 Å². The van der Waals surface area contributed by atoms with Crippen LogP contribution in [0.5, 0.6) is 0 Å². The fourth-order valence-electron chi connectivity index (χ4n) is 2.44. The van der Waals surface area contributed by atoms with Gasteiger partial charge in [-0.25, -0.2) is 0 Å². The summed E-state index contributed by atoms with van der Waals surface area (Å²) in [5, 5.41) is 5.72. The van der Waals surface area contributed by atoms with Crippen molar-refractivity contribution in [1.82, 2.24) is 10.2 Å². The van der Waals surface area contributed by atoms with Crippen LogP contribution in [0.25, 0.3) is 0 Å². The van der Waals surface area contributed by atoms with E-state index in [1.807, 2.05) is 62.3 Å². The predicted octanol–water partition coefficient (Wildman–Crippen LogP) is 2.68. The van der Waals surface area contributed by atoms with Crippen LogP contribution in [0.1, 0.15) is 17.4 Å². The second kappa shape index (κ2) is 10.0. The van der Waals surface area contributed by atoms with E-state index in [1.54, 1.807) is 6.26 Å². The molecule has 6 nitrogen and oxygen atoms in total. The van der Waals surface area contributed by atoms with Crippen LogP contribution in [-0.4, -0.2) is 48.9 Å². The van der Waals surface area contributed by atoms with Crippen LogP contribution in [0.3, 0.4) is 0 Å². The van der Waals surface area contributed by atoms with E-state index in [1.165, 1.54) is 11.8 Å². The lowest BCUT2D eigenvalue weighted by atomic mass is 10.2. The van der Waals surface area contributed by atoms with Gasteiger partial charge >= 0.3 is 0 Å². The molecule has 0 aliphatic carbocycles. The molecule has 0 bridgehead atoms. The number of thioether (sulfide) groups is 1. The van der Waals surface area contributed by atoms with Gasteiger partial charge in [-0.3, -0.25) is 14.5 Å². The molecule has 0 spiro atoms. The fraction of sp³-hybridized carbons (Fsp3) is 0.368. The van der Waals surface area contributed by atoms with Crippen LogP contribution >= 0.6 is 11.8 Å². The van der Waals surface area contributed by atoms with Crippen molar-refractivity contribution < 1.29 is 14.0 Å². The summed E-state index contributed by atoms with van der Waals surface area (Å²) in [7, 11) is 3.87. The summed E-state index contributed by atoms with van der Waals surface area (Å²) in [6, 6.07) is 11.3. The van der Waals surface area contributed by atoms with Crippen LogP contribution in [0.4, 0.5) is 5.69 Å². The molecular weight excluding hydrogens is 350 g/mol. The molecule has 1 unspecified atom stereocenters. The van der Waals surface area contributed by atoms with E-state index in [0.717, 1.165) is 17.0 Å². The Kier molecular flexibility index (Phi) is 7.74. The maximum Gasteiger partial charge on any atom is 0.234 e. The number of anilines is 1. The molecule has 2 N–H and O–H groups in total. The number of furan rings is 1. The molecule has 2 aromatic rings. The molecule has 1 aromatic heterocycles. The number of hydrogen-bond donors (Lipinski definition) is 2. The van der Waals surface area contributed by atoms with Gasteiger partial charge in [0.2, 0.25) is 11.8 Å². The van der Waals surface area contributed by atoms with Crippen LogP contribution in [-0.2, 0) is 9.59 Å². The van der Waals surface area contributed by atoms with Gasteiger partial charge in [-0.1, -0.05) is 12.1 Å². The van der Waals surface area contributed by atoms with Crippen molar-refractivity contribution in [2.45, 2.75) is 13.0 Å². The van der Waals surface area contributed by atoms with Crippen molar-refractivity contribution in [3.63, 3.8) is 0 Å². The molecule has 0 aliphatic heterocycles. The van der Waals surface area contributed by atoms with Gasteiger partial charge in [0.1, 0.15) is 5.76 Å². The first-order valence-electron chi connectivity index (χ1n) is 8.36. The van der Waals surface area contributed by atoms with E-state index < -0.39 is 0 Å². The molecule has 0 aliphatic rings. The maximum atomic E-state index is 12.0. The van der Waals surface area contributed by atoms with Crippen LogP contribution in [0.15, 0.2) is 47.1 Å². The smallest absolute Gasteiger partial charge is 0.234 e. The summed E-state index contributed by atoms with van der Waals surface area (Å²) in [5.74, 6) is 1.06. The molecule has 2 rings (SSSR count). The Labute approximate surface area is 158 Å². The minimum atomic E-state index is -0.116. The Hall–Kier alpha value is -2.25. The number of nitrogens with zero attached hydrogens (tertiary/aromatic N) is 1. The summed E-state index contributed by atoms with van der Waals surface area (Å²) in [6.07, 6.45) is 1.62. The van der Waals surface area contributed by atoms with E-state index in [2.05, 4.69) is 10.6 Å². The van der Waals surface area contributed by atoms with Gasteiger partial charge < -0.3 is 15.1 Å². The number of rotatable bonds is 9. The quantitative estimate of drug-likeness (QED) is 0.705. The number of hydrogen-bond acceptors (Lipinski definition) is 5. The third kappa shape index (κ3) is 6.57. The van der Waals surface area contributed by atoms with Crippen molar-refractivity contribution >= 4 is 29.3 Å². The Morgan fingerprint density at radius 2 is 1.92 bits per heavy atom. The molecule has 7 heteroatoms. The fourth-order valence-corrected chi connectivity index (χ4v) is 3.08. The van der Waals surface area contributed by atoms with Gasteiger partial charge in [0.05, 0.1) is 23.8 Å². The Morgan fingerprint density at radius 1 is 1.15 bits per heavy atom. The first-order chi connectivity index (χ1) is 12.5. The molecule has 1 aromatic carbocycles. The molecular formula is C19H25N3O3S. The Balaban J connectivity index is 1.69. The molecule has 0 radical (unpaired) electrons. The SMILES string of the molecule is Cc1cccc(NC(=O)CSCC(=O)NCC(c2ccco2)N(C)C)c1. The number of carbonyl (C=O) groups excluding carboxylic acids is 2. The highest BCUT2D eigenvalue weighted by Crippen LogP contribution is 2.17. The highest BCUT2D eigenvalue weighted by molar-refractivity contribution is 8.00. The minimum absolute atomic E-state index is 0.0245. The van der Waals surface area contributed by atoms with E-state index in [4.69, 9.17) is 4.42 Å². The molecule has 0 saturated carbocycles. The van der Waals surface area contributed by atoms with Gasteiger partial charge in [0.25, 0.3) is 0 Å². The zero-order valence-electron chi connectivity index (χ0n) is 15.3. The molecule has 0 saturated heterocycles. The van der Waals surface area contributed by atoms with Crippen molar-refractivity contribution in [1.29, 1.82) is 0 Å². The van der Waals surface area contributed by atoms with Gasteiger partial charge in [-0.15, -0.1) is 11.8 Å². The first-order valence-corrected chi connectivity index (χ1v) is 9.52. The largest absolute Gasteiger partial charge is 0.468 e. The number of carbonyl (C=O) groups is 2. The van der Waals surface area contributed by atoms with Gasteiger partial charge in [0.15, 0.2) is 0 Å². The average molecular weight is 375 g/mol.